The Morgan fingerprint density at radius 1 is 0.789 bits per heavy atom. The van der Waals surface area contributed by atoms with E-state index >= 15 is 0 Å². The number of ether oxygens (including phenoxy) is 2. The third-order valence-electron chi connectivity index (χ3n) is 2.25. The third-order valence-corrected chi connectivity index (χ3v) is 3.80. The van der Waals surface area contributed by atoms with Crippen LogP contribution in [0.15, 0.2) is 0 Å². The van der Waals surface area contributed by atoms with Crippen molar-refractivity contribution in [1.29, 1.82) is 0 Å². The fourth-order valence-electron chi connectivity index (χ4n) is 1.26. The van der Waals surface area contributed by atoms with Crippen molar-refractivity contribution < 1.29 is 19.7 Å². The second-order valence-electron chi connectivity index (χ2n) is 4.03. The monoisotopic (exact) mass is 334 g/mol. The van der Waals surface area contributed by atoms with Crippen LogP contribution in [0.3, 0.4) is 0 Å². The molecule has 0 aromatic heterocycles. The standard InChI is InChI=1S/C12H24Cl2O4S/c13-3-7-17-5-1-11(15)9-19-10-12(16)2-6-18-8-4-14/h11-12,15-16H,1-10H2. The van der Waals surface area contributed by atoms with Crippen LogP contribution >= 0.6 is 35.0 Å². The van der Waals surface area contributed by atoms with E-state index in [-0.39, 0.29) is 0 Å². The fourth-order valence-corrected chi connectivity index (χ4v) is 2.49. The third kappa shape index (κ3) is 15.0. The zero-order chi connectivity index (χ0) is 14.3. The molecule has 0 radical (unpaired) electrons. The van der Waals surface area contributed by atoms with Crippen LogP contribution < -0.4 is 0 Å². The van der Waals surface area contributed by atoms with Gasteiger partial charge in [0.1, 0.15) is 0 Å². The minimum atomic E-state index is -0.403. The Kier molecular flexibility index (Phi) is 15.8. The molecule has 0 aliphatic heterocycles. The summed E-state index contributed by atoms with van der Waals surface area (Å²) in [5, 5.41) is 19.3. The molecule has 0 spiro atoms. The molecular weight excluding hydrogens is 311 g/mol. The summed E-state index contributed by atoms with van der Waals surface area (Å²) >= 11 is 12.5. The minimum absolute atomic E-state index is 0.403. The maximum absolute atomic E-state index is 9.65. The predicted octanol–water partition coefficient (Wildman–Crippen LogP) is 1.73. The van der Waals surface area contributed by atoms with Crippen molar-refractivity contribution in [3.05, 3.63) is 0 Å². The quantitative estimate of drug-likeness (QED) is 0.374. The summed E-state index contributed by atoms with van der Waals surface area (Å²) in [6.45, 7) is 2.07. The van der Waals surface area contributed by atoms with E-state index in [9.17, 15) is 10.2 Å². The maximum Gasteiger partial charge on any atom is 0.0652 e. The smallest absolute Gasteiger partial charge is 0.0652 e. The summed E-state index contributed by atoms with van der Waals surface area (Å²) in [6, 6.07) is 0. The summed E-state index contributed by atoms with van der Waals surface area (Å²) in [4.78, 5) is 0. The van der Waals surface area contributed by atoms with E-state index < -0.39 is 12.2 Å². The summed E-state index contributed by atoms with van der Waals surface area (Å²) < 4.78 is 10.4. The van der Waals surface area contributed by atoms with E-state index in [1.807, 2.05) is 0 Å². The first-order chi connectivity index (χ1) is 9.20. The van der Waals surface area contributed by atoms with Crippen LogP contribution in [0.5, 0.6) is 0 Å². The average Bonchev–Trinajstić information content (AvgIpc) is 2.40. The van der Waals surface area contributed by atoms with Gasteiger partial charge in [-0.2, -0.15) is 11.8 Å². The molecule has 0 aromatic rings. The van der Waals surface area contributed by atoms with Gasteiger partial charge >= 0.3 is 0 Å². The van der Waals surface area contributed by atoms with Crippen LogP contribution in [-0.4, -0.2) is 72.1 Å². The minimum Gasteiger partial charge on any atom is -0.392 e. The lowest BCUT2D eigenvalue weighted by Gasteiger charge is -2.13. The van der Waals surface area contributed by atoms with Crippen LogP contribution in [0.4, 0.5) is 0 Å². The Balaban J connectivity index is 3.30. The highest BCUT2D eigenvalue weighted by Gasteiger charge is 2.08. The van der Waals surface area contributed by atoms with E-state index in [1.54, 1.807) is 0 Å². The summed E-state index contributed by atoms with van der Waals surface area (Å²) in [5.41, 5.74) is 0. The van der Waals surface area contributed by atoms with Gasteiger partial charge in [-0.3, -0.25) is 0 Å². The number of thioether (sulfide) groups is 1. The van der Waals surface area contributed by atoms with Crippen molar-refractivity contribution in [3.8, 4) is 0 Å². The van der Waals surface area contributed by atoms with Crippen LogP contribution in [0.1, 0.15) is 12.8 Å². The molecule has 0 saturated carbocycles. The zero-order valence-electron chi connectivity index (χ0n) is 11.1. The molecule has 0 saturated heterocycles. The van der Waals surface area contributed by atoms with Crippen molar-refractivity contribution in [1.82, 2.24) is 0 Å². The Hall–Kier alpha value is 0.770. The Bertz CT molecular complexity index is 171. The molecular formula is C12H24Cl2O4S. The van der Waals surface area contributed by atoms with Crippen molar-refractivity contribution >= 4 is 35.0 Å². The van der Waals surface area contributed by atoms with Gasteiger partial charge in [-0.05, 0) is 12.8 Å². The summed E-state index contributed by atoms with van der Waals surface area (Å²) in [6.07, 6.45) is 0.387. The molecule has 2 N–H and O–H groups in total. The van der Waals surface area contributed by atoms with Crippen molar-refractivity contribution in [2.45, 2.75) is 25.0 Å². The summed E-state index contributed by atoms with van der Waals surface area (Å²) in [7, 11) is 0. The molecule has 4 nitrogen and oxygen atoms in total. The molecule has 116 valence electrons. The van der Waals surface area contributed by atoms with Crippen LogP contribution in [0.2, 0.25) is 0 Å². The molecule has 2 unspecified atom stereocenters. The Labute approximate surface area is 129 Å². The van der Waals surface area contributed by atoms with Gasteiger partial charge in [0.2, 0.25) is 0 Å². The van der Waals surface area contributed by atoms with E-state index in [2.05, 4.69) is 0 Å². The average molecular weight is 335 g/mol. The maximum atomic E-state index is 9.65. The highest BCUT2D eigenvalue weighted by molar-refractivity contribution is 7.99. The molecule has 0 heterocycles. The van der Waals surface area contributed by atoms with E-state index in [0.717, 1.165) is 0 Å². The molecule has 0 aromatic carbocycles. The first kappa shape index (κ1) is 19.8. The largest absolute Gasteiger partial charge is 0.392 e. The number of aliphatic hydroxyl groups excluding tert-OH is 2. The van der Waals surface area contributed by atoms with Crippen LogP contribution in [-0.2, 0) is 9.47 Å². The Morgan fingerprint density at radius 2 is 1.21 bits per heavy atom. The van der Waals surface area contributed by atoms with Crippen molar-refractivity contribution in [3.63, 3.8) is 0 Å². The van der Waals surface area contributed by atoms with Crippen molar-refractivity contribution in [2.75, 3.05) is 49.7 Å². The predicted molar refractivity (Wildman–Crippen MR) is 81.7 cm³/mol. The first-order valence-electron chi connectivity index (χ1n) is 6.42. The summed E-state index contributed by atoms with van der Waals surface area (Å²) in [5.74, 6) is 2.15. The lowest BCUT2D eigenvalue weighted by atomic mass is 10.3. The molecule has 7 heteroatoms. The second kappa shape index (κ2) is 15.2. The molecule has 2 atom stereocenters. The van der Waals surface area contributed by atoms with Gasteiger partial charge in [0.15, 0.2) is 0 Å². The van der Waals surface area contributed by atoms with Gasteiger partial charge < -0.3 is 19.7 Å². The molecule has 0 rings (SSSR count). The number of hydrogen-bond donors (Lipinski definition) is 2. The molecule has 0 amide bonds. The zero-order valence-corrected chi connectivity index (χ0v) is 13.4. The molecule has 0 fully saturated rings. The highest BCUT2D eigenvalue weighted by Crippen LogP contribution is 2.09. The van der Waals surface area contributed by atoms with Gasteiger partial charge in [-0.25, -0.2) is 0 Å². The second-order valence-corrected chi connectivity index (χ2v) is 5.86. The lowest BCUT2D eigenvalue weighted by Crippen LogP contribution is -2.18. The molecule has 0 bridgehead atoms. The Morgan fingerprint density at radius 3 is 1.58 bits per heavy atom. The first-order valence-corrected chi connectivity index (χ1v) is 8.64. The van der Waals surface area contributed by atoms with E-state index in [1.165, 1.54) is 11.8 Å². The van der Waals surface area contributed by atoms with Gasteiger partial charge in [0, 0.05) is 36.5 Å². The van der Waals surface area contributed by atoms with Crippen LogP contribution in [0, 0.1) is 0 Å². The topological polar surface area (TPSA) is 58.9 Å². The highest BCUT2D eigenvalue weighted by atomic mass is 35.5. The molecule has 19 heavy (non-hydrogen) atoms. The lowest BCUT2D eigenvalue weighted by molar-refractivity contribution is 0.0978. The fraction of sp³-hybridized carbons (Fsp3) is 1.00. The van der Waals surface area contributed by atoms with Gasteiger partial charge in [0.25, 0.3) is 0 Å². The van der Waals surface area contributed by atoms with E-state index in [0.29, 0.717) is 62.5 Å². The van der Waals surface area contributed by atoms with E-state index in [4.69, 9.17) is 32.7 Å². The SMILES string of the molecule is OC(CCOCCCl)CSCC(O)CCOCCCl. The number of aliphatic hydroxyl groups is 2. The number of rotatable bonds is 14. The van der Waals surface area contributed by atoms with Gasteiger partial charge in [0.05, 0.1) is 25.4 Å². The van der Waals surface area contributed by atoms with Crippen molar-refractivity contribution in [2.24, 2.45) is 0 Å². The molecule has 0 aliphatic carbocycles. The normalized spacial score (nSPS) is 14.5. The number of alkyl halides is 2. The van der Waals surface area contributed by atoms with Gasteiger partial charge in [-0.1, -0.05) is 0 Å². The van der Waals surface area contributed by atoms with Gasteiger partial charge in [-0.15, -0.1) is 23.2 Å². The number of hydrogen-bond acceptors (Lipinski definition) is 5. The number of halogens is 2. The van der Waals surface area contributed by atoms with Crippen LogP contribution in [0.25, 0.3) is 0 Å². The molecule has 0 aliphatic rings.